The predicted octanol–water partition coefficient (Wildman–Crippen LogP) is 17.4. The molecule has 3 nitrogen and oxygen atoms in total. The van der Waals surface area contributed by atoms with Crippen LogP contribution in [0, 0.1) is 0 Å². The first-order chi connectivity index (χ1) is 33.2. The maximum Gasteiger partial charge on any atom is 0.132 e. The van der Waals surface area contributed by atoms with Gasteiger partial charge in [-0.1, -0.05) is 176 Å². The minimum atomic E-state index is -0.728. The van der Waals surface area contributed by atoms with Gasteiger partial charge in [0.25, 0.3) is 0 Å². The average molecular weight is 873 g/mol. The summed E-state index contributed by atoms with van der Waals surface area (Å²) in [5.74, 6) is 1.70. The third-order valence-electron chi connectivity index (χ3n) is 14.1. The zero-order valence-electron chi connectivity index (χ0n) is 36.3. The topological polar surface area (TPSA) is 17.4 Å². The second kappa shape index (κ2) is 14.8. The van der Waals surface area contributed by atoms with Crippen LogP contribution in [0.15, 0.2) is 243 Å². The number of aromatic nitrogens is 1. The van der Waals surface area contributed by atoms with Gasteiger partial charge < -0.3 is 14.2 Å². The van der Waals surface area contributed by atoms with Gasteiger partial charge in [-0.2, -0.15) is 0 Å². The molecular formula is C63H40N2OS. The number of para-hydroxylation sites is 2. The fourth-order valence-corrected chi connectivity index (χ4v) is 12.4. The molecule has 0 amide bonds. The van der Waals surface area contributed by atoms with E-state index in [1.165, 1.54) is 69.1 Å². The minimum absolute atomic E-state index is 0.728. The lowest BCUT2D eigenvalue weighted by molar-refractivity contribution is 0.435. The summed E-state index contributed by atoms with van der Waals surface area (Å²) >= 11 is 1.86. The summed E-state index contributed by atoms with van der Waals surface area (Å²) in [5, 5.41) is 9.80. The Bertz CT molecular complexity index is 4100. The fourth-order valence-electron chi connectivity index (χ4n) is 11.2. The van der Waals surface area contributed by atoms with Gasteiger partial charge >= 0.3 is 0 Å². The van der Waals surface area contributed by atoms with E-state index in [9.17, 15) is 0 Å². The Morgan fingerprint density at radius 2 is 0.970 bits per heavy atom. The summed E-state index contributed by atoms with van der Waals surface area (Å²) in [6.07, 6.45) is 0. The first-order valence-corrected chi connectivity index (χ1v) is 23.7. The molecule has 14 rings (SSSR count). The zero-order chi connectivity index (χ0) is 44.1. The summed E-state index contributed by atoms with van der Waals surface area (Å²) in [6, 6.07) is 88.9. The quantitative estimate of drug-likeness (QED) is 0.166. The second-order valence-electron chi connectivity index (χ2n) is 17.6. The van der Waals surface area contributed by atoms with Gasteiger partial charge in [0.1, 0.15) is 11.5 Å². The first-order valence-electron chi connectivity index (χ1n) is 22.9. The third kappa shape index (κ3) is 5.64. The van der Waals surface area contributed by atoms with Gasteiger partial charge in [-0.15, -0.1) is 11.3 Å². The Hall–Kier alpha value is -8.44. The van der Waals surface area contributed by atoms with Gasteiger partial charge in [-0.3, -0.25) is 0 Å². The SMILES string of the molecule is c1ccc(C2(c3cccc4ccccc34)c3ccccc3Oc3ccc(N(c4ccc5c6ccccc6n(-c6ccc7c(c6)sc6ccccc67)c5c4)c4cccc5ccccc45)cc32)cc1. The number of fused-ring (bicyclic) bond motifs is 10. The van der Waals surface area contributed by atoms with E-state index >= 15 is 0 Å². The molecule has 0 fully saturated rings. The normalized spacial score (nSPS) is 14.4. The van der Waals surface area contributed by atoms with Gasteiger partial charge in [0, 0.05) is 64.5 Å². The van der Waals surface area contributed by atoms with E-state index in [-0.39, 0.29) is 0 Å². The Labute approximate surface area is 391 Å². The molecule has 1 aliphatic rings. The molecule has 11 aromatic carbocycles. The number of ether oxygens (including phenoxy) is 1. The lowest BCUT2D eigenvalue weighted by Gasteiger charge is -2.42. The van der Waals surface area contributed by atoms with Gasteiger partial charge in [0.05, 0.1) is 22.1 Å². The van der Waals surface area contributed by atoms with E-state index in [1.807, 2.05) is 11.3 Å². The summed E-state index contributed by atoms with van der Waals surface area (Å²) in [4.78, 5) is 2.46. The van der Waals surface area contributed by atoms with Gasteiger partial charge in [0.15, 0.2) is 0 Å². The molecule has 3 heterocycles. The summed E-state index contributed by atoms with van der Waals surface area (Å²) < 4.78 is 12.0. The molecule has 0 aliphatic carbocycles. The van der Waals surface area contributed by atoms with Crippen LogP contribution in [0.1, 0.15) is 22.3 Å². The van der Waals surface area contributed by atoms with E-state index in [1.54, 1.807) is 0 Å². The smallest absolute Gasteiger partial charge is 0.132 e. The second-order valence-corrected chi connectivity index (χ2v) is 18.7. The van der Waals surface area contributed by atoms with Crippen molar-refractivity contribution >= 4 is 91.9 Å². The van der Waals surface area contributed by atoms with E-state index in [0.29, 0.717) is 0 Å². The Morgan fingerprint density at radius 3 is 1.85 bits per heavy atom. The lowest BCUT2D eigenvalue weighted by Crippen LogP contribution is -2.34. The molecule has 0 bridgehead atoms. The standard InChI is InChI=1S/C63H40N2OS/c1-2-20-43(21-3-1)63(53-27-14-18-41-16-4-6-22-47(41)53)54-26-10-12-30-59(54)66-60-37-34-44(38-55(60)63)64(56-29-15-19-42-17-5-7-23-48(42)56)45-32-35-50-49-24-8-11-28-57(49)65(58(50)39-45)46-33-36-52-51-25-9-13-31-61(51)67-62(52)40-46/h1-40H. The molecule has 67 heavy (non-hydrogen) atoms. The van der Waals surface area contributed by atoms with Crippen molar-refractivity contribution < 1.29 is 4.74 Å². The molecule has 13 aromatic rings. The number of rotatable bonds is 6. The highest BCUT2D eigenvalue weighted by atomic mass is 32.1. The molecule has 0 saturated heterocycles. The molecule has 0 spiro atoms. The van der Waals surface area contributed by atoms with E-state index in [0.717, 1.165) is 50.9 Å². The molecular weight excluding hydrogens is 833 g/mol. The molecule has 0 radical (unpaired) electrons. The van der Waals surface area contributed by atoms with Crippen LogP contribution in [-0.2, 0) is 5.41 Å². The highest BCUT2D eigenvalue weighted by molar-refractivity contribution is 7.25. The molecule has 1 aliphatic heterocycles. The lowest BCUT2D eigenvalue weighted by atomic mass is 9.62. The number of anilines is 3. The maximum atomic E-state index is 6.99. The van der Waals surface area contributed by atoms with Crippen molar-refractivity contribution in [2.24, 2.45) is 0 Å². The van der Waals surface area contributed by atoms with Crippen LogP contribution in [0.25, 0.3) is 69.2 Å². The Balaban J connectivity index is 1.06. The molecule has 0 saturated carbocycles. The van der Waals surface area contributed by atoms with Crippen LogP contribution >= 0.6 is 11.3 Å². The molecule has 2 aromatic heterocycles. The minimum Gasteiger partial charge on any atom is -0.457 e. The Morgan fingerprint density at radius 1 is 0.373 bits per heavy atom. The summed E-state index contributed by atoms with van der Waals surface area (Å²) in [6.45, 7) is 0. The largest absolute Gasteiger partial charge is 0.457 e. The highest BCUT2D eigenvalue weighted by Gasteiger charge is 2.46. The van der Waals surface area contributed by atoms with Crippen LogP contribution in [-0.4, -0.2) is 4.57 Å². The van der Waals surface area contributed by atoms with E-state index < -0.39 is 5.41 Å². The molecule has 0 N–H and O–H groups in total. The average Bonchev–Trinajstić information content (AvgIpc) is 3.93. The van der Waals surface area contributed by atoms with Gasteiger partial charge in [-0.25, -0.2) is 0 Å². The van der Waals surface area contributed by atoms with Crippen molar-refractivity contribution in [3.05, 3.63) is 265 Å². The van der Waals surface area contributed by atoms with Gasteiger partial charge in [0.2, 0.25) is 0 Å². The van der Waals surface area contributed by atoms with Crippen molar-refractivity contribution in [1.29, 1.82) is 0 Å². The number of thiophene rings is 1. The van der Waals surface area contributed by atoms with Crippen molar-refractivity contribution in [1.82, 2.24) is 4.57 Å². The molecule has 314 valence electrons. The van der Waals surface area contributed by atoms with Crippen molar-refractivity contribution in [2.75, 3.05) is 4.90 Å². The van der Waals surface area contributed by atoms with Crippen molar-refractivity contribution in [3.8, 4) is 17.2 Å². The zero-order valence-corrected chi connectivity index (χ0v) is 37.1. The fraction of sp³-hybridized carbons (Fsp3) is 0.0159. The molecule has 1 atom stereocenters. The molecule has 1 unspecified atom stereocenters. The highest BCUT2D eigenvalue weighted by Crippen LogP contribution is 2.58. The van der Waals surface area contributed by atoms with Crippen LogP contribution in [0.5, 0.6) is 11.5 Å². The van der Waals surface area contributed by atoms with Crippen LogP contribution in [0.2, 0.25) is 0 Å². The van der Waals surface area contributed by atoms with Crippen LogP contribution < -0.4 is 9.64 Å². The Kier molecular flexibility index (Phi) is 8.37. The van der Waals surface area contributed by atoms with Crippen LogP contribution in [0.3, 0.4) is 0 Å². The van der Waals surface area contributed by atoms with E-state index in [2.05, 4.69) is 252 Å². The van der Waals surface area contributed by atoms with Gasteiger partial charge in [-0.05, 0) is 94.0 Å². The van der Waals surface area contributed by atoms with E-state index in [4.69, 9.17) is 4.74 Å². The number of hydrogen-bond donors (Lipinski definition) is 0. The summed E-state index contributed by atoms with van der Waals surface area (Å²) in [5.41, 5.74) is 10.5. The van der Waals surface area contributed by atoms with Crippen molar-refractivity contribution in [3.63, 3.8) is 0 Å². The molecule has 4 heteroatoms. The third-order valence-corrected chi connectivity index (χ3v) is 15.2. The maximum absolute atomic E-state index is 6.99. The number of hydrogen-bond acceptors (Lipinski definition) is 3. The first kappa shape index (κ1) is 37.9. The number of benzene rings is 11. The van der Waals surface area contributed by atoms with Crippen molar-refractivity contribution in [2.45, 2.75) is 5.41 Å². The predicted molar refractivity (Wildman–Crippen MR) is 282 cm³/mol. The summed E-state index contributed by atoms with van der Waals surface area (Å²) in [7, 11) is 0. The number of nitrogens with zero attached hydrogens (tertiary/aromatic N) is 2. The monoisotopic (exact) mass is 872 g/mol. The van der Waals surface area contributed by atoms with Crippen LogP contribution in [0.4, 0.5) is 17.1 Å².